The van der Waals surface area contributed by atoms with Gasteiger partial charge in [0, 0.05) is 49.6 Å². The Bertz CT molecular complexity index is 790. The maximum absolute atomic E-state index is 12.0. The first-order valence-corrected chi connectivity index (χ1v) is 10.5. The molecule has 6 nitrogen and oxygen atoms in total. The van der Waals surface area contributed by atoms with Gasteiger partial charge < -0.3 is 10.1 Å². The zero-order valence-electron chi connectivity index (χ0n) is 16.6. The molecule has 1 N–H and O–H groups in total. The summed E-state index contributed by atoms with van der Waals surface area (Å²) in [4.78, 5) is 14.5. The molecule has 28 heavy (non-hydrogen) atoms. The molecule has 4 rings (SSSR count). The number of amides is 1. The van der Waals surface area contributed by atoms with E-state index in [0.29, 0.717) is 31.7 Å². The summed E-state index contributed by atoms with van der Waals surface area (Å²) in [6.07, 6.45) is 8.82. The lowest BCUT2D eigenvalue weighted by Gasteiger charge is -2.30. The van der Waals surface area contributed by atoms with Crippen molar-refractivity contribution < 1.29 is 9.53 Å². The second-order valence-corrected chi connectivity index (χ2v) is 7.83. The molecule has 2 fully saturated rings. The smallest absolute Gasteiger partial charge is 0.220 e. The maximum Gasteiger partial charge on any atom is 0.220 e. The minimum absolute atomic E-state index is 0.221. The van der Waals surface area contributed by atoms with Gasteiger partial charge in [0.05, 0.1) is 13.2 Å². The largest absolute Gasteiger partial charge is 0.494 e. The molecule has 2 aliphatic heterocycles. The van der Waals surface area contributed by atoms with Crippen molar-refractivity contribution in [1.29, 1.82) is 0 Å². The van der Waals surface area contributed by atoms with E-state index in [-0.39, 0.29) is 5.91 Å². The molecule has 0 bridgehead atoms. The molecule has 2 aromatic rings. The molecule has 1 aromatic carbocycles. The third-order valence-corrected chi connectivity index (χ3v) is 5.86. The van der Waals surface area contributed by atoms with E-state index in [1.165, 1.54) is 12.0 Å². The lowest BCUT2D eigenvalue weighted by atomic mass is 9.98. The van der Waals surface area contributed by atoms with Crippen LogP contribution in [0.4, 0.5) is 0 Å². The van der Waals surface area contributed by atoms with E-state index in [1.54, 1.807) is 6.20 Å². The standard InChI is InChI=1S/C22H30N4O2/c1-2-28-21-9-8-17(14-18(21)16-26-12-5-11-23-26)15-25-13-10-19-20(25)6-3-4-7-22(27)24-19/h5,8-9,11-12,14,19-20H,2-4,6-7,10,13,15-16H2,1H3,(H,24,27)/t19-,20+/m0/s1. The fourth-order valence-corrected chi connectivity index (χ4v) is 4.54. The summed E-state index contributed by atoms with van der Waals surface area (Å²) in [6, 6.07) is 9.21. The summed E-state index contributed by atoms with van der Waals surface area (Å²) in [6.45, 7) is 5.32. The Morgan fingerprint density at radius 3 is 3.00 bits per heavy atom. The number of carbonyl (C=O) groups is 1. The third-order valence-electron chi connectivity index (χ3n) is 5.86. The van der Waals surface area contributed by atoms with Crippen molar-refractivity contribution in [3.63, 3.8) is 0 Å². The number of aromatic nitrogens is 2. The van der Waals surface area contributed by atoms with Crippen LogP contribution in [0.2, 0.25) is 0 Å². The van der Waals surface area contributed by atoms with Crippen LogP contribution in [0, 0.1) is 0 Å². The molecule has 0 radical (unpaired) electrons. The van der Waals surface area contributed by atoms with Crippen molar-refractivity contribution in [1.82, 2.24) is 20.0 Å². The molecule has 0 spiro atoms. The zero-order valence-corrected chi connectivity index (χ0v) is 16.6. The summed E-state index contributed by atoms with van der Waals surface area (Å²) in [5, 5.41) is 7.59. The minimum atomic E-state index is 0.221. The normalized spacial score (nSPS) is 23.0. The Morgan fingerprint density at radius 2 is 2.18 bits per heavy atom. The molecule has 3 heterocycles. The van der Waals surface area contributed by atoms with Crippen molar-refractivity contribution in [3.05, 3.63) is 47.8 Å². The van der Waals surface area contributed by atoms with E-state index in [0.717, 1.165) is 43.7 Å². The maximum atomic E-state index is 12.0. The van der Waals surface area contributed by atoms with E-state index in [1.807, 2.05) is 23.9 Å². The molecule has 150 valence electrons. The predicted molar refractivity (Wildman–Crippen MR) is 108 cm³/mol. The Balaban J connectivity index is 1.50. The molecule has 2 aliphatic rings. The summed E-state index contributed by atoms with van der Waals surface area (Å²) >= 11 is 0. The van der Waals surface area contributed by atoms with E-state index in [2.05, 4.69) is 33.5 Å². The van der Waals surface area contributed by atoms with Gasteiger partial charge >= 0.3 is 0 Å². The summed E-state index contributed by atoms with van der Waals surface area (Å²) in [7, 11) is 0. The van der Waals surface area contributed by atoms with Crippen LogP contribution in [0.1, 0.15) is 50.2 Å². The fourth-order valence-electron chi connectivity index (χ4n) is 4.54. The predicted octanol–water partition coefficient (Wildman–Crippen LogP) is 2.96. The summed E-state index contributed by atoms with van der Waals surface area (Å²) in [5.41, 5.74) is 2.45. The van der Waals surface area contributed by atoms with Gasteiger partial charge in [-0.3, -0.25) is 14.4 Å². The van der Waals surface area contributed by atoms with Crippen LogP contribution < -0.4 is 10.1 Å². The van der Waals surface area contributed by atoms with Crippen LogP contribution in [-0.2, 0) is 17.9 Å². The molecule has 2 atom stereocenters. The van der Waals surface area contributed by atoms with Gasteiger partial charge in [-0.25, -0.2) is 0 Å². The van der Waals surface area contributed by atoms with Crippen molar-refractivity contribution >= 4 is 5.91 Å². The van der Waals surface area contributed by atoms with Gasteiger partial charge in [-0.2, -0.15) is 5.10 Å². The minimum Gasteiger partial charge on any atom is -0.494 e. The Kier molecular flexibility index (Phi) is 5.95. The van der Waals surface area contributed by atoms with E-state index < -0.39 is 0 Å². The van der Waals surface area contributed by atoms with Gasteiger partial charge in [0.1, 0.15) is 5.75 Å². The van der Waals surface area contributed by atoms with E-state index in [4.69, 9.17) is 4.74 Å². The molecule has 6 heteroatoms. The Hall–Kier alpha value is -2.34. The molecular weight excluding hydrogens is 352 g/mol. The van der Waals surface area contributed by atoms with Crippen LogP contribution in [0.25, 0.3) is 0 Å². The lowest BCUT2D eigenvalue weighted by Crippen LogP contribution is -2.45. The fraction of sp³-hybridized carbons (Fsp3) is 0.545. The highest BCUT2D eigenvalue weighted by atomic mass is 16.5. The van der Waals surface area contributed by atoms with Crippen LogP contribution in [0.3, 0.4) is 0 Å². The first-order chi connectivity index (χ1) is 13.7. The van der Waals surface area contributed by atoms with Gasteiger partial charge in [-0.1, -0.05) is 12.5 Å². The monoisotopic (exact) mass is 382 g/mol. The van der Waals surface area contributed by atoms with Crippen LogP contribution >= 0.6 is 0 Å². The highest BCUT2D eigenvalue weighted by Gasteiger charge is 2.35. The van der Waals surface area contributed by atoms with Gasteiger partial charge in [-0.05, 0) is 49.9 Å². The topological polar surface area (TPSA) is 59.4 Å². The Labute approximate surface area is 166 Å². The molecular formula is C22H30N4O2. The van der Waals surface area contributed by atoms with Gasteiger partial charge in [-0.15, -0.1) is 0 Å². The molecule has 2 saturated heterocycles. The molecule has 1 aromatic heterocycles. The van der Waals surface area contributed by atoms with E-state index >= 15 is 0 Å². The Morgan fingerprint density at radius 1 is 1.25 bits per heavy atom. The SMILES string of the molecule is CCOc1ccc(CN2CC[C@@H]3NC(=O)CCCC[C@H]32)cc1Cn1cccn1. The molecule has 0 unspecified atom stereocenters. The molecule has 0 saturated carbocycles. The third kappa shape index (κ3) is 4.38. The number of nitrogens with one attached hydrogen (secondary N) is 1. The van der Waals surface area contributed by atoms with Crippen LogP contribution in [0.5, 0.6) is 5.75 Å². The highest BCUT2D eigenvalue weighted by Crippen LogP contribution is 2.28. The van der Waals surface area contributed by atoms with Gasteiger partial charge in [0.2, 0.25) is 5.91 Å². The first-order valence-electron chi connectivity index (χ1n) is 10.5. The summed E-state index contributed by atoms with van der Waals surface area (Å²) in [5.74, 6) is 1.15. The number of ether oxygens (including phenoxy) is 1. The second kappa shape index (κ2) is 8.78. The van der Waals surface area contributed by atoms with Crippen LogP contribution in [-0.4, -0.2) is 45.8 Å². The number of fused-ring (bicyclic) bond motifs is 1. The number of nitrogens with zero attached hydrogens (tertiary/aromatic N) is 3. The number of likely N-dealkylation sites (tertiary alicyclic amines) is 1. The number of rotatable bonds is 6. The number of hydrogen-bond acceptors (Lipinski definition) is 4. The quantitative estimate of drug-likeness (QED) is 0.834. The summed E-state index contributed by atoms with van der Waals surface area (Å²) < 4.78 is 7.77. The number of hydrogen-bond donors (Lipinski definition) is 1. The first kappa shape index (κ1) is 19.0. The molecule has 0 aliphatic carbocycles. The van der Waals surface area contributed by atoms with Crippen molar-refractivity contribution in [3.8, 4) is 5.75 Å². The van der Waals surface area contributed by atoms with Crippen molar-refractivity contribution in [2.75, 3.05) is 13.2 Å². The van der Waals surface area contributed by atoms with Crippen LogP contribution in [0.15, 0.2) is 36.7 Å². The zero-order chi connectivity index (χ0) is 19.3. The van der Waals surface area contributed by atoms with Gasteiger partial charge in [0.15, 0.2) is 0 Å². The van der Waals surface area contributed by atoms with Crippen molar-refractivity contribution in [2.24, 2.45) is 0 Å². The average Bonchev–Trinajstić information content (AvgIpc) is 3.30. The van der Waals surface area contributed by atoms with E-state index in [9.17, 15) is 4.79 Å². The second-order valence-electron chi connectivity index (χ2n) is 7.83. The highest BCUT2D eigenvalue weighted by molar-refractivity contribution is 5.76. The van der Waals surface area contributed by atoms with Gasteiger partial charge in [0.25, 0.3) is 0 Å². The molecule has 1 amide bonds. The number of carbonyl (C=O) groups excluding carboxylic acids is 1. The average molecular weight is 383 g/mol. The van der Waals surface area contributed by atoms with Crippen molar-refractivity contribution in [2.45, 2.75) is 64.2 Å². The lowest BCUT2D eigenvalue weighted by molar-refractivity contribution is -0.122. The number of benzene rings is 1.